The summed E-state index contributed by atoms with van der Waals surface area (Å²) in [6.07, 6.45) is -3.43. The molecule has 3 N–H and O–H groups in total. The maximum absolute atomic E-state index is 16.1. The molecule has 0 bridgehead atoms. The number of nitrogens with zero attached hydrogens (tertiary/aromatic N) is 4. The van der Waals surface area contributed by atoms with Gasteiger partial charge in [0.15, 0.2) is 17.3 Å². The van der Waals surface area contributed by atoms with Gasteiger partial charge in [0.25, 0.3) is 11.3 Å². The van der Waals surface area contributed by atoms with Gasteiger partial charge in [-0.2, -0.15) is 9.67 Å². The number of H-pyrrole nitrogens is 1. The predicted molar refractivity (Wildman–Crippen MR) is 122 cm³/mol. The van der Waals surface area contributed by atoms with Gasteiger partial charge in [0.1, 0.15) is 19.3 Å². The van der Waals surface area contributed by atoms with E-state index in [9.17, 15) is 14.4 Å². The van der Waals surface area contributed by atoms with Gasteiger partial charge in [-0.1, -0.05) is 41.6 Å². The van der Waals surface area contributed by atoms with Crippen LogP contribution in [0.2, 0.25) is 0 Å². The van der Waals surface area contributed by atoms with Crippen molar-refractivity contribution in [2.75, 3.05) is 18.9 Å². The second-order valence-corrected chi connectivity index (χ2v) is 7.94. The van der Waals surface area contributed by atoms with Crippen molar-refractivity contribution in [3.8, 4) is 0 Å². The number of benzene rings is 2. The van der Waals surface area contributed by atoms with Crippen LogP contribution < -0.4 is 11.3 Å². The number of esters is 2. The van der Waals surface area contributed by atoms with E-state index in [0.29, 0.717) is 0 Å². The summed E-state index contributed by atoms with van der Waals surface area (Å²) in [5.41, 5.74) is 2.67. The van der Waals surface area contributed by atoms with E-state index in [4.69, 9.17) is 19.9 Å². The van der Waals surface area contributed by atoms with Crippen LogP contribution in [0, 0.1) is 0 Å². The van der Waals surface area contributed by atoms with Crippen molar-refractivity contribution in [3.05, 3.63) is 82.1 Å². The molecule has 0 unspecified atom stereocenters. The molecule has 0 aliphatic carbocycles. The summed E-state index contributed by atoms with van der Waals surface area (Å²) >= 11 is 0. The van der Waals surface area contributed by atoms with Crippen LogP contribution in [0.25, 0.3) is 11.2 Å². The number of alkyl halides is 1. The Hall–Kier alpha value is -4.65. The average Bonchev–Trinajstić information content (AvgIpc) is 3.45. The van der Waals surface area contributed by atoms with Gasteiger partial charge in [-0.15, -0.1) is 5.10 Å². The van der Waals surface area contributed by atoms with Crippen LogP contribution in [0.5, 0.6) is 0 Å². The smallest absolute Gasteiger partial charge is 0.340 e. The molecular weight excluding hydrogens is 475 g/mol. The van der Waals surface area contributed by atoms with Gasteiger partial charge in [0.05, 0.1) is 11.1 Å². The third-order valence-corrected chi connectivity index (χ3v) is 5.62. The summed E-state index contributed by atoms with van der Waals surface area (Å²) in [5.74, 6) is -1.84. The number of anilines is 1. The van der Waals surface area contributed by atoms with E-state index >= 15 is 4.39 Å². The predicted octanol–water partition coefficient (Wildman–Crippen LogP) is 1.20. The summed E-state index contributed by atoms with van der Waals surface area (Å²) in [7, 11) is 0. The summed E-state index contributed by atoms with van der Waals surface area (Å²) in [6.45, 7) is -1.02. The van der Waals surface area contributed by atoms with Crippen molar-refractivity contribution < 1.29 is 28.2 Å². The van der Waals surface area contributed by atoms with Crippen molar-refractivity contribution in [1.82, 2.24) is 25.0 Å². The highest BCUT2D eigenvalue weighted by Gasteiger charge is 2.58. The summed E-state index contributed by atoms with van der Waals surface area (Å²) in [4.78, 5) is 43.8. The highest BCUT2D eigenvalue weighted by Crippen LogP contribution is 2.37. The maximum Gasteiger partial charge on any atom is 0.340 e. The monoisotopic (exact) mass is 494 g/mol. The SMILES string of the molecule is Nc1nc2c(nnn2[C@@]2(OC(=O)c3ccccc3)CO[C@H](COC(=O)c3ccccc3)[C@H]2F)c(=O)[nH]1. The second-order valence-electron chi connectivity index (χ2n) is 7.94. The minimum Gasteiger partial charge on any atom is -0.459 e. The molecular formula is C23H19FN6O6. The van der Waals surface area contributed by atoms with Crippen molar-refractivity contribution >= 4 is 29.1 Å². The minimum absolute atomic E-state index is 0.137. The van der Waals surface area contributed by atoms with Gasteiger partial charge in [0, 0.05) is 0 Å². The van der Waals surface area contributed by atoms with Crippen LogP contribution in [0.1, 0.15) is 20.7 Å². The van der Waals surface area contributed by atoms with Crippen molar-refractivity contribution in [1.29, 1.82) is 0 Å². The van der Waals surface area contributed by atoms with E-state index in [1.54, 1.807) is 48.5 Å². The Morgan fingerprint density at radius 3 is 2.42 bits per heavy atom. The zero-order valence-electron chi connectivity index (χ0n) is 18.5. The van der Waals surface area contributed by atoms with E-state index in [1.165, 1.54) is 12.1 Å². The van der Waals surface area contributed by atoms with Crippen LogP contribution in [-0.4, -0.2) is 62.4 Å². The standard InChI is InChI=1S/C23H19FN6O6/c24-17-15(11-34-20(32)13-7-3-1-4-8-13)35-12-23(17,36-21(33)14-9-5-2-6-10-14)30-18-16(28-29-30)19(31)27-22(25)26-18/h1-10,15,17H,11-12H2,(H3,25,26,27,31)/t15-,17-,23-/m1/s1. The molecule has 1 aliphatic heterocycles. The molecule has 1 aliphatic rings. The first-order chi connectivity index (χ1) is 17.4. The highest BCUT2D eigenvalue weighted by atomic mass is 19.1. The number of aromatic nitrogens is 5. The molecule has 36 heavy (non-hydrogen) atoms. The molecule has 3 atom stereocenters. The molecule has 5 rings (SSSR count). The number of hydrogen-bond acceptors (Lipinski definition) is 10. The summed E-state index contributed by atoms with van der Waals surface area (Å²) in [5, 5.41) is 7.60. The number of nitrogens with two attached hydrogens (primary N) is 1. The number of ether oxygens (including phenoxy) is 3. The fraction of sp³-hybridized carbons (Fsp3) is 0.217. The van der Waals surface area contributed by atoms with Crippen LogP contribution in [0.15, 0.2) is 65.5 Å². The fourth-order valence-electron chi connectivity index (χ4n) is 3.83. The zero-order valence-corrected chi connectivity index (χ0v) is 18.5. The Kier molecular flexibility index (Phi) is 5.90. The normalized spacial score (nSPS) is 21.4. The number of aromatic amines is 1. The van der Waals surface area contributed by atoms with Gasteiger partial charge in [-0.3, -0.25) is 9.78 Å². The molecule has 1 fully saturated rings. The largest absolute Gasteiger partial charge is 0.459 e. The first kappa shape index (κ1) is 23.1. The van der Waals surface area contributed by atoms with Crippen molar-refractivity contribution in [2.24, 2.45) is 0 Å². The Morgan fingerprint density at radius 1 is 1.11 bits per heavy atom. The maximum atomic E-state index is 16.1. The number of halogens is 1. The van der Waals surface area contributed by atoms with Crippen LogP contribution in [0.3, 0.4) is 0 Å². The first-order valence-electron chi connectivity index (χ1n) is 10.8. The molecule has 0 saturated carbocycles. The van der Waals surface area contributed by atoms with Gasteiger partial charge in [0.2, 0.25) is 5.95 Å². The number of carbonyl (C=O) groups is 2. The molecule has 2 aromatic carbocycles. The number of rotatable bonds is 6. The first-order valence-corrected chi connectivity index (χ1v) is 10.8. The van der Waals surface area contributed by atoms with Crippen LogP contribution >= 0.6 is 0 Å². The number of fused-ring (bicyclic) bond motifs is 1. The highest BCUT2D eigenvalue weighted by molar-refractivity contribution is 5.90. The number of carbonyl (C=O) groups excluding carboxylic acids is 2. The Labute approximate surface area is 201 Å². The van der Waals surface area contributed by atoms with E-state index in [-0.39, 0.29) is 28.2 Å². The van der Waals surface area contributed by atoms with Crippen LogP contribution in [-0.2, 0) is 19.9 Å². The minimum atomic E-state index is -2.22. The fourth-order valence-corrected chi connectivity index (χ4v) is 3.83. The molecule has 1 saturated heterocycles. The third-order valence-electron chi connectivity index (χ3n) is 5.62. The topological polar surface area (TPSA) is 164 Å². The molecule has 0 amide bonds. The average molecular weight is 494 g/mol. The molecule has 0 radical (unpaired) electrons. The molecule has 4 aromatic rings. The number of hydrogen-bond donors (Lipinski definition) is 2. The number of nitrogens with one attached hydrogen (secondary N) is 1. The lowest BCUT2D eigenvalue weighted by molar-refractivity contribution is -0.105. The van der Waals surface area contributed by atoms with Crippen molar-refractivity contribution in [2.45, 2.75) is 18.0 Å². The van der Waals surface area contributed by atoms with Gasteiger partial charge in [-0.25, -0.2) is 14.0 Å². The lowest BCUT2D eigenvalue weighted by Crippen LogP contribution is -2.49. The third kappa shape index (κ3) is 4.05. The zero-order chi connectivity index (χ0) is 25.3. The molecule has 0 spiro atoms. The molecule has 3 heterocycles. The Balaban J connectivity index is 1.49. The Bertz CT molecular complexity index is 1480. The number of nitrogen functional groups attached to an aromatic ring is 1. The molecule has 184 valence electrons. The van der Waals surface area contributed by atoms with Crippen LogP contribution in [0.4, 0.5) is 10.3 Å². The van der Waals surface area contributed by atoms with Gasteiger partial charge < -0.3 is 19.9 Å². The second kappa shape index (κ2) is 9.19. The van der Waals surface area contributed by atoms with Gasteiger partial charge in [-0.05, 0) is 24.3 Å². The molecule has 12 nitrogen and oxygen atoms in total. The lowest BCUT2D eigenvalue weighted by Gasteiger charge is -2.30. The molecule has 2 aromatic heterocycles. The summed E-state index contributed by atoms with van der Waals surface area (Å²) < 4.78 is 33.4. The van der Waals surface area contributed by atoms with E-state index < -0.39 is 48.7 Å². The Morgan fingerprint density at radius 2 is 1.75 bits per heavy atom. The van der Waals surface area contributed by atoms with E-state index in [1.807, 2.05) is 0 Å². The van der Waals surface area contributed by atoms with E-state index in [2.05, 4.69) is 20.3 Å². The van der Waals surface area contributed by atoms with E-state index in [0.717, 1.165) is 4.68 Å². The summed E-state index contributed by atoms with van der Waals surface area (Å²) in [6, 6.07) is 16.0. The lowest BCUT2D eigenvalue weighted by atomic mass is 10.1. The van der Waals surface area contributed by atoms with Gasteiger partial charge >= 0.3 is 11.9 Å². The quantitative estimate of drug-likeness (QED) is 0.372. The van der Waals surface area contributed by atoms with Crippen molar-refractivity contribution in [3.63, 3.8) is 0 Å². The molecule has 13 heteroatoms.